The Hall–Kier alpha value is -2.12. The molecule has 20 heavy (non-hydrogen) atoms. The summed E-state index contributed by atoms with van der Waals surface area (Å²) in [5.74, 6) is -0.176. The summed E-state index contributed by atoms with van der Waals surface area (Å²) >= 11 is 0. The number of hydrogen-bond acceptors (Lipinski definition) is 5. The molecule has 0 radical (unpaired) electrons. The molecule has 0 spiro atoms. The molecular formula is C12H19N5O3. The van der Waals surface area contributed by atoms with E-state index in [1.54, 1.807) is 14.0 Å². The minimum absolute atomic E-state index is 0.146. The molecule has 1 amide bonds. The third-order valence-electron chi connectivity index (χ3n) is 3.54. The second-order valence-electron chi connectivity index (χ2n) is 5.14. The highest BCUT2D eigenvalue weighted by Gasteiger charge is 2.25. The van der Waals surface area contributed by atoms with E-state index in [1.165, 1.54) is 10.9 Å². The normalized spacial score (nSPS) is 16.9. The number of imidazole rings is 1. The van der Waals surface area contributed by atoms with Gasteiger partial charge in [-0.15, -0.1) is 0 Å². The zero-order chi connectivity index (χ0) is 14.7. The summed E-state index contributed by atoms with van der Waals surface area (Å²) in [6.07, 6.45) is 5.64. The summed E-state index contributed by atoms with van der Waals surface area (Å²) in [7, 11) is 1.64. The van der Waals surface area contributed by atoms with Crippen molar-refractivity contribution in [3.05, 3.63) is 16.4 Å². The number of nitro groups is 1. The van der Waals surface area contributed by atoms with E-state index in [0.717, 1.165) is 25.7 Å². The number of nitrogens with one attached hydrogen (secondary N) is 2. The van der Waals surface area contributed by atoms with Crippen LogP contribution in [0.3, 0.4) is 0 Å². The Labute approximate surface area is 116 Å². The molecule has 1 heterocycles. The number of aromatic nitrogens is 2. The SMILES string of the molecule is C[C@@H](Nc1c([N+](=O)[O-])ncn1C)C(=O)NC1CCCC1. The van der Waals surface area contributed by atoms with Gasteiger partial charge in [0.25, 0.3) is 0 Å². The number of nitrogens with zero attached hydrogens (tertiary/aromatic N) is 3. The molecule has 1 atom stereocenters. The molecule has 1 fully saturated rings. The summed E-state index contributed by atoms with van der Waals surface area (Å²) in [4.78, 5) is 26.0. The molecule has 1 aliphatic carbocycles. The van der Waals surface area contributed by atoms with Gasteiger partial charge in [0.15, 0.2) is 0 Å². The van der Waals surface area contributed by atoms with Gasteiger partial charge in [-0.25, -0.2) is 0 Å². The lowest BCUT2D eigenvalue weighted by molar-refractivity contribution is -0.388. The van der Waals surface area contributed by atoms with Crippen molar-refractivity contribution in [2.24, 2.45) is 7.05 Å². The summed E-state index contributed by atoms with van der Waals surface area (Å²) in [5.41, 5.74) is 0. The van der Waals surface area contributed by atoms with Crippen molar-refractivity contribution in [1.82, 2.24) is 14.9 Å². The standard InChI is InChI=1S/C12H19N5O3/c1-8(12(18)15-9-5-3-4-6-9)14-11-10(17(19)20)13-7-16(11)2/h7-9,14H,3-6H2,1-2H3,(H,15,18)/t8-/m1/s1. The summed E-state index contributed by atoms with van der Waals surface area (Å²) < 4.78 is 1.50. The van der Waals surface area contributed by atoms with Crippen LogP contribution in [0.15, 0.2) is 6.33 Å². The third kappa shape index (κ3) is 3.06. The Morgan fingerprint density at radius 3 is 2.80 bits per heavy atom. The zero-order valence-corrected chi connectivity index (χ0v) is 11.6. The molecule has 2 rings (SSSR count). The highest BCUT2D eigenvalue weighted by molar-refractivity contribution is 5.84. The molecular weight excluding hydrogens is 262 g/mol. The summed E-state index contributed by atoms with van der Waals surface area (Å²) in [6.45, 7) is 1.68. The molecule has 1 aromatic rings. The number of amides is 1. The molecule has 8 heteroatoms. The smallest absolute Gasteiger partial charge is 0.358 e. The van der Waals surface area contributed by atoms with Crippen molar-refractivity contribution in [3.63, 3.8) is 0 Å². The molecule has 1 aliphatic rings. The lowest BCUT2D eigenvalue weighted by Crippen LogP contribution is -2.42. The Morgan fingerprint density at radius 1 is 1.55 bits per heavy atom. The maximum absolute atomic E-state index is 12.0. The van der Waals surface area contributed by atoms with Crippen LogP contribution >= 0.6 is 0 Å². The Kier molecular flexibility index (Phi) is 4.21. The topological polar surface area (TPSA) is 102 Å². The molecule has 0 bridgehead atoms. The van der Waals surface area contributed by atoms with Crippen molar-refractivity contribution < 1.29 is 9.72 Å². The van der Waals surface area contributed by atoms with Gasteiger partial charge in [-0.05, 0) is 29.7 Å². The van der Waals surface area contributed by atoms with Crippen LogP contribution in [0.1, 0.15) is 32.6 Å². The van der Waals surface area contributed by atoms with E-state index in [9.17, 15) is 14.9 Å². The van der Waals surface area contributed by atoms with Crippen molar-refractivity contribution in [2.45, 2.75) is 44.7 Å². The maximum Gasteiger partial charge on any atom is 0.406 e. The van der Waals surface area contributed by atoms with Gasteiger partial charge in [-0.3, -0.25) is 9.36 Å². The lowest BCUT2D eigenvalue weighted by Gasteiger charge is -2.18. The molecule has 110 valence electrons. The lowest BCUT2D eigenvalue weighted by atomic mass is 10.2. The number of aryl methyl sites for hydroxylation is 1. The average Bonchev–Trinajstić information content (AvgIpc) is 3.00. The number of rotatable bonds is 5. The zero-order valence-electron chi connectivity index (χ0n) is 11.6. The number of hydrogen-bond donors (Lipinski definition) is 2. The highest BCUT2D eigenvalue weighted by atomic mass is 16.6. The minimum atomic E-state index is -0.566. The number of carbonyl (C=O) groups is 1. The van der Waals surface area contributed by atoms with Crippen LogP contribution in [0.25, 0.3) is 0 Å². The number of carbonyl (C=O) groups excluding carboxylic acids is 1. The average molecular weight is 281 g/mol. The monoisotopic (exact) mass is 281 g/mol. The fourth-order valence-electron chi connectivity index (χ4n) is 2.38. The van der Waals surface area contributed by atoms with Crippen LogP contribution in [0.2, 0.25) is 0 Å². The summed E-state index contributed by atoms with van der Waals surface area (Å²) in [5, 5.41) is 16.7. The predicted molar refractivity (Wildman–Crippen MR) is 73.3 cm³/mol. The second kappa shape index (κ2) is 5.89. The molecule has 2 N–H and O–H groups in total. The van der Waals surface area contributed by atoms with Crippen LogP contribution < -0.4 is 10.6 Å². The molecule has 1 saturated carbocycles. The van der Waals surface area contributed by atoms with E-state index in [0.29, 0.717) is 0 Å². The Morgan fingerprint density at radius 2 is 2.20 bits per heavy atom. The molecule has 0 saturated heterocycles. The molecule has 0 aromatic carbocycles. The van der Waals surface area contributed by atoms with E-state index in [2.05, 4.69) is 15.6 Å². The van der Waals surface area contributed by atoms with Crippen LogP contribution in [-0.4, -0.2) is 32.5 Å². The van der Waals surface area contributed by atoms with Crippen molar-refractivity contribution in [2.75, 3.05) is 5.32 Å². The van der Waals surface area contributed by atoms with E-state index < -0.39 is 11.0 Å². The minimum Gasteiger partial charge on any atom is -0.358 e. The van der Waals surface area contributed by atoms with Crippen LogP contribution in [0, 0.1) is 10.1 Å². The quantitative estimate of drug-likeness (QED) is 0.623. The Balaban J connectivity index is 1.99. The van der Waals surface area contributed by atoms with E-state index in [-0.39, 0.29) is 23.6 Å². The van der Waals surface area contributed by atoms with Crippen molar-refractivity contribution >= 4 is 17.5 Å². The molecule has 1 aromatic heterocycles. The van der Waals surface area contributed by atoms with Gasteiger partial charge < -0.3 is 20.7 Å². The van der Waals surface area contributed by atoms with Gasteiger partial charge in [0.1, 0.15) is 6.04 Å². The first kappa shape index (κ1) is 14.3. The Bertz CT molecular complexity index is 507. The van der Waals surface area contributed by atoms with Gasteiger partial charge in [-0.2, -0.15) is 0 Å². The van der Waals surface area contributed by atoms with Gasteiger partial charge in [0.2, 0.25) is 18.1 Å². The first-order valence-corrected chi connectivity index (χ1v) is 6.71. The number of anilines is 1. The van der Waals surface area contributed by atoms with Crippen LogP contribution in [0.5, 0.6) is 0 Å². The molecule has 0 unspecified atom stereocenters. The molecule has 0 aliphatic heterocycles. The van der Waals surface area contributed by atoms with Crippen molar-refractivity contribution in [1.29, 1.82) is 0 Å². The largest absolute Gasteiger partial charge is 0.406 e. The van der Waals surface area contributed by atoms with E-state index in [1.807, 2.05) is 0 Å². The van der Waals surface area contributed by atoms with Crippen LogP contribution in [-0.2, 0) is 11.8 Å². The predicted octanol–water partition coefficient (Wildman–Crippen LogP) is 1.19. The maximum atomic E-state index is 12.0. The highest BCUT2D eigenvalue weighted by Crippen LogP contribution is 2.22. The molecule has 8 nitrogen and oxygen atoms in total. The van der Waals surface area contributed by atoms with Crippen LogP contribution in [0.4, 0.5) is 11.6 Å². The van der Waals surface area contributed by atoms with Gasteiger partial charge >= 0.3 is 5.82 Å². The second-order valence-corrected chi connectivity index (χ2v) is 5.14. The first-order valence-electron chi connectivity index (χ1n) is 6.71. The third-order valence-corrected chi connectivity index (χ3v) is 3.54. The van der Waals surface area contributed by atoms with Crippen molar-refractivity contribution in [3.8, 4) is 0 Å². The van der Waals surface area contributed by atoms with Gasteiger partial charge in [0.05, 0.1) is 0 Å². The summed E-state index contributed by atoms with van der Waals surface area (Å²) in [6, 6.07) is -0.321. The fraction of sp³-hybridized carbons (Fsp3) is 0.667. The van der Waals surface area contributed by atoms with E-state index in [4.69, 9.17) is 0 Å². The van der Waals surface area contributed by atoms with Gasteiger partial charge in [-0.1, -0.05) is 12.8 Å². The first-order chi connectivity index (χ1) is 9.49. The fourth-order valence-corrected chi connectivity index (χ4v) is 2.38. The van der Waals surface area contributed by atoms with Gasteiger partial charge in [0, 0.05) is 13.1 Å². The van der Waals surface area contributed by atoms with E-state index >= 15 is 0 Å².